The number of nitrogens with two attached hydrogens (primary N) is 1. The Morgan fingerprint density at radius 3 is 2.71 bits per heavy atom. The smallest absolute Gasteiger partial charge is 0.126 e. The van der Waals surface area contributed by atoms with Crippen LogP contribution in [0, 0.1) is 23.2 Å². The Morgan fingerprint density at radius 2 is 1.89 bits per heavy atom. The highest BCUT2D eigenvalue weighted by atomic mass is 15.1. The summed E-state index contributed by atoms with van der Waals surface area (Å²) in [7, 11) is 0. The number of hydrogen-bond acceptors (Lipinski definition) is 6. The van der Waals surface area contributed by atoms with E-state index in [1.165, 1.54) is 50.6 Å². The fourth-order valence-corrected chi connectivity index (χ4v) is 5.82. The molecule has 2 aliphatic rings. The second kappa shape index (κ2) is 10.8. The molecule has 6 heteroatoms. The molecule has 1 saturated carbocycles. The highest BCUT2D eigenvalue weighted by Gasteiger charge is 2.30. The van der Waals surface area contributed by atoms with E-state index >= 15 is 0 Å². The summed E-state index contributed by atoms with van der Waals surface area (Å²) in [6, 6.07) is 20.6. The van der Waals surface area contributed by atoms with Gasteiger partial charge in [0, 0.05) is 36.6 Å². The SMILES string of the molecule is N#Cc1ccc(N2CCC[C@H](C[C@@H]3CCCC[C@H]3Nc3cc(-c4cccc(N)n4)ccn3)C2)cc1. The van der Waals surface area contributed by atoms with E-state index in [1.807, 2.05) is 42.6 Å². The predicted octanol–water partition coefficient (Wildman–Crippen LogP) is 5.87. The first-order valence-electron chi connectivity index (χ1n) is 12.9. The van der Waals surface area contributed by atoms with Crippen molar-refractivity contribution >= 4 is 17.3 Å². The zero-order valence-corrected chi connectivity index (χ0v) is 20.2. The summed E-state index contributed by atoms with van der Waals surface area (Å²) in [6.45, 7) is 2.20. The van der Waals surface area contributed by atoms with Gasteiger partial charge in [-0.05, 0) is 92.5 Å². The van der Waals surface area contributed by atoms with Crippen molar-refractivity contribution in [3.05, 3.63) is 66.4 Å². The van der Waals surface area contributed by atoms with Gasteiger partial charge in [0.25, 0.3) is 0 Å². The summed E-state index contributed by atoms with van der Waals surface area (Å²) >= 11 is 0. The first-order valence-corrected chi connectivity index (χ1v) is 12.9. The molecule has 0 spiro atoms. The number of nitrogens with one attached hydrogen (secondary N) is 1. The van der Waals surface area contributed by atoms with E-state index in [2.05, 4.69) is 44.5 Å². The molecule has 3 N–H and O–H groups in total. The second-order valence-electron chi connectivity index (χ2n) is 10.0. The molecule has 1 saturated heterocycles. The van der Waals surface area contributed by atoms with Gasteiger partial charge in [0.05, 0.1) is 17.3 Å². The largest absolute Gasteiger partial charge is 0.384 e. The van der Waals surface area contributed by atoms with Crippen molar-refractivity contribution in [2.45, 2.75) is 51.0 Å². The van der Waals surface area contributed by atoms with Gasteiger partial charge < -0.3 is 16.0 Å². The highest BCUT2D eigenvalue weighted by molar-refractivity contribution is 5.64. The number of hydrogen-bond donors (Lipinski definition) is 2. The Hall–Kier alpha value is -3.59. The Labute approximate surface area is 208 Å². The van der Waals surface area contributed by atoms with Crippen molar-refractivity contribution in [1.29, 1.82) is 5.26 Å². The van der Waals surface area contributed by atoms with Crippen LogP contribution < -0.4 is 16.0 Å². The molecule has 3 aromatic rings. The average molecular weight is 467 g/mol. The van der Waals surface area contributed by atoms with Gasteiger partial charge in [0.1, 0.15) is 11.6 Å². The van der Waals surface area contributed by atoms with Crippen LogP contribution in [-0.2, 0) is 0 Å². The fourth-order valence-electron chi connectivity index (χ4n) is 5.82. The van der Waals surface area contributed by atoms with E-state index in [9.17, 15) is 0 Å². The number of pyridine rings is 2. The van der Waals surface area contributed by atoms with Crippen LogP contribution in [0.4, 0.5) is 17.3 Å². The van der Waals surface area contributed by atoms with Gasteiger partial charge in [-0.1, -0.05) is 18.9 Å². The van der Waals surface area contributed by atoms with Gasteiger partial charge in [0.2, 0.25) is 0 Å². The summed E-state index contributed by atoms with van der Waals surface area (Å²) in [5, 5.41) is 12.9. The molecule has 1 aliphatic heterocycles. The summed E-state index contributed by atoms with van der Waals surface area (Å²) < 4.78 is 0. The molecule has 1 aromatic carbocycles. The monoisotopic (exact) mass is 466 g/mol. The molecular weight excluding hydrogens is 432 g/mol. The van der Waals surface area contributed by atoms with Crippen molar-refractivity contribution < 1.29 is 0 Å². The summed E-state index contributed by atoms with van der Waals surface area (Å²) in [5.74, 6) is 2.81. The molecule has 0 unspecified atom stereocenters. The highest BCUT2D eigenvalue weighted by Crippen LogP contribution is 2.35. The minimum Gasteiger partial charge on any atom is -0.384 e. The van der Waals surface area contributed by atoms with Crippen LogP contribution in [0.25, 0.3) is 11.3 Å². The number of rotatable bonds is 6. The molecule has 2 aromatic heterocycles. The topological polar surface area (TPSA) is 90.9 Å². The first kappa shape index (κ1) is 23.2. The number of benzene rings is 1. The first-order chi connectivity index (χ1) is 17.2. The van der Waals surface area contributed by atoms with Gasteiger partial charge in [-0.25, -0.2) is 9.97 Å². The zero-order chi connectivity index (χ0) is 24.0. The second-order valence-corrected chi connectivity index (χ2v) is 10.0. The maximum atomic E-state index is 9.10. The molecule has 0 amide bonds. The predicted molar refractivity (Wildman–Crippen MR) is 142 cm³/mol. The molecule has 5 rings (SSSR count). The van der Waals surface area contributed by atoms with E-state index in [4.69, 9.17) is 11.0 Å². The van der Waals surface area contributed by atoms with Crippen molar-refractivity contribution in [3.8, 4) is 17.3 Å². The van der Waals surface area contributed by atoms with Crippen LogP contribution in [0.2, 0.25) is 0 Å². The van der Waals surface area contributed by atoms with E-state index in [-0.39, 0.29) is 0 Å². The molecule has 2 fully saturated rings. The van der Waals surface area contributed by atoms with Gasteiger partial charge >= 0.3 is 0 Å². The lowest BCUT2D eigenvalue weighted by atomic mass is 9.77. The zero-order valence-electron chi connectivity index (χ0n) is 20.2. The van der Waals surface area contributed by atoms with Crippen molar-refractivity contribution in [2.75, 3.05) is 29.0 Å². The lowest BCUT2D eigenvalue weighted by Crippen LogP contribution is -2.39. The van der Waals surface area contributed by atoms with Gasteiger partial charge in [-0.15, -0.1) is 0 Å². The number of piperidine rings is 1. The average Bonchev–Trinajstić information content (AvgIpc) is 2.90. The Bertz CT molecular complexity index is 1170. The third-order valence-corrected chi connectivity index (χ3v) is 7.59. The molecule has 1 aliphatic carbocycles. The lowest BCUT2D eigenvalue weighted by Gasteiger charge is -2.39. The van der Waals surface area contributed by atoms with Crippen LogP contribution in [0.15, 0.2) is 60.8 Å². The van der Waals surface area contributed by atoms with Crippen LogP contribution in [0.1, 0.15) is 50.5 Å². The molecule has 6 nitrogen and oxygen atoms in total. The number of nitrogen functional groups attached to an aromatic ring is 1. The van der Waals surface area contributed by atoms with Crippen LogP contribution in [0.3, 0.4) is 0 Å². The van der Waals surface area contributed by atoms with Crippen LogP contribution in [-0.4, -0.2) is 29.1 Å². The van der Waals surface area contributed by atoms with Gasteiger partial charge in [-0.2, -0.15) is 5.26 Å². The van der Waals surface area contributed by atoms with E-state index < -0.39 is 0 Å². The quantitative estimate of drug-likeness (QED) is 0.472. The van der Waals surface area contributed by atoms with Crippen molar-refractivity contribution in [2.24, 2.45) is 11.8 Å². The maximum Gasteiger partial charge on any atom is 0.126 e. The lowest BCUT2D eigenvalue weighted by molar-refractivity contribution is 0.247. The van der Waals surface area contributed by atoms with Crippen molar-refractivity contribution in [1.82, 2.24) is 9.97 Å². The van der Waals surface area contributed by atoms with E-state index in [0.29, 0.717) is 23.7 Å². The number of nitriles is 1. The summed E-state index contributed by atoms with van der Waals surface area (Å²) in [6.07, 6.45) is 10.7. The van der Waals surface area contributed by atoms with Crippen molar-refractivity contribution in [3.63, 3.8) is 0 Å². The molecular formula is C29H34N6. The molecule has 0 bridgehead atoms. The standard InChI is InChI=1S/C29H34N6/c30-19-21-10-12-25(13-11-21)35-16-4-5-22(20-35)17-23-6-1-2-7-27(23)34-29-18-24(14-15-32-29)26-8-3-9-28(31)33-26/h3,8-15,18,22-23,27H,1-2,4-7,16-17,20H2,(H2,31,33)(H,32,34)/t22-,23+,27-/m1/s1. The number of anilines is 3. The molecule has 180 valence electrons. The number of aromatic nitrogens is 2. The Kier molecular flexibility index (Phi) is 7.13. The third-order valence-electron chi connectivity index (χ3n) is 7.59. The molecule has 35 heavy (non-hydrogen) atoms. The van der Waals surface area contributed by atoms with E-state index in [1.54, 1.807) is 0 Å². The third kappa shape index (κ3) is 5.74. The minimum absolute atomic E-state index is 0.450. The molecule has 3 atom stereocenters. The summed E-state index contributed by atoms with van der Waals surface area (Å²) in [5.41, 5.74) is 9.77. The fraction of sp³-hybridized carbons (Fsp3) is 0.414. The normalized spacial score (nSPS) is 22.4. The minimum atomic E-state index is 0.450. The summed E-state index contributed by atoms with van der Waals surface area (Å²) in [4.78, 5) is 11.6. The Balaban J connectivity index is 1.24. The number of nitrogens with zero attached hydrogens (tertiary/aromatic N) is 4. The van der Waals surface area contributed by atoms with Gasteiger partial charge in [-0.3, -0.25) is 0 Å². The molecule has 0 radical (unpaired) electrons. The molecule has 3 heterocycles. The van der Waals surface area contributed by atoms with Gasteiger partial charge in [0.15, 0.2) is 0 Å². The van der Waals surface area contributed by atoms with Crippen LogP contribution in [0.5, 0.6) is 0 Å². The Morgan fingerprint density at radius 1 is 1.03 bits per heavy atom. The van der Waals surface area contributed by atoms with Crippen LogP contribution >= 0.6 is 0 Å². The van der Waals surface area contributed by atoms with E-state index in [0.717, 1.165) is 35.7 Å². The maximum absolute atomic E-state index is 9.10.